The SMILES string of the molecule is CC(C)[C@H](N)C(=O)NCC(=O)NCCN1C(=O)c2ccccc2C1=O.Cl. The molecule has 0 aliphatic carbocycles. The summed E-state index contributed by atoms with van der Waals surface area (Å²) in [7, 11) is 0. The molecule has 142 valence electrons. The summed E-state index contributed by atoms with van der Waals surface area (Å²) in [4.78, 5) is 48.8. The molecule has 9 heteroatoms. The number of halogens is 1. The van der Waals surface area contributed by atoms with E-state index in [9.17, 15) is 19.2 Å². The molecule has 8 nitrogen and oxygen atoms in total. The first-order valence-electron chi connectivity index (χ1n) is 8.08. The molecule has 26 heavy (non-hydrogen) atoms. The third-order valence-corrected chi connectivity index (χ3v) is 3.98. The lowest BCUT2D eigenvalue weighted by Gasteiger charge is -2.16. The van der Waals surface area contributed by atoms with Crippen molar-refractivity contribution in [3.05, 3.63) is 35.4 Å². The number of imide groups is 1. The number of nitrogens with two attached hydrogens (primary N) is 1. The molecule has 0 spiro atoms. The van der Waals surface area contributed by atoms with E-state index in [1.807, 2.05) is 13.8 Å². The van der Waals surface area contributed by atoms with Crippen LogP contribution in [0.2, 0.25) is 0 Å². The van der Waals surface area contributed by atoms with Gasteiger partial charge in [-0.1, -0.05) is 26.0 Å². The summed E-state index contributed by atoms with van der Waals surface area (Å²) in [6, 6.07) is 5.91. The molecule has 1 atom stereocenters. The van der Waals surface area contributed by atoms with Crippen LogP contribution < -0.4 is 16.4 Å². The molecule has 0 radical (unpaired) electrons. The summed E-state index contributed by atoms with van der Waals surface area (Å²) in [5.41, 5.74) is 6.41. The summed E-state index contributed by atoms with van der Waals surface area (Å²) in [6.07, 6.45) is 0. The molecule has 0 saturated heterocycles. The Bertz CT molecular complexity index is 673. The predicted octanol–water partition coefficient (Wildman–Crippen LogP) is -0.0799. The number of nitrogens with one attached hydrogen (secondary N) is 2. The lowest BCUT2D eigenvalue weighted by molar-refractivity contribution is -0.127. The number of carbonyl (C=O) groups excluding carboxylic acids is 4. The molecule has 0 bridgehead atoms. The highest BCUT2D eigenvalue weighted by atomic mass is 35.5. The highest BCUT2D eigenvalue weighted by Crippen LogP contribution is 2.21. The number of benzene rings is 1. The van der Waals surface area contributed by atoms with E-state index in [0.717, 1.165) is 4.90 Å². The van der Waals surface area contributed by atoms with Gasteiger partial charge >= 0.3 is 0 Å². The van der Waals surface area contributed by atoms with E-state index in [4.69, 9.17) is 5.73 Å². The standard InChI is InChI=1S/C17H22N4O4.ClH/c1-10(2)14(18)15(23)20-9-13(22)19-7-8-21-16(24)11-5-3-4-6-12(11)17(21)25;/h3-6,10,14H,7-9,18H2,1-2H3,(H,19,22)(H,20,23);1H/t14-;/m0./s1. The van der Waals surface area contributed by atoms with E-state index in [-0.39, 0.29) is 49.8 Å². The van der Waals surface area contributed by atoms with Crippen molar-refractivity contribution in [3.8, 4) is 0 Å². The van der Waals surface area contributed by atoms with Crippen LogP contribution in [0.3, 0.4) is 0 Å². The van der Waals surface area contributed by atoms with Gasteiger partial charge in [0.05, 0.1) is 23.7 Å². The van der Waals surface area contributed by atoms with Crippen molar-refractivity contribution in [1.29, 1.82) is 0 Å². The molecule has 4 amide bonds. The van der Waals surface area contributed by atoms with Gasteiger partial charge in [-0.15, -0.1) is 12.4 Å². The molecule has 1 aliphatic heterocycles. The van der Waals surface area contributed by atoms with Gasteiger partial charge in [-0.3, -0.25) is 24.1 Å². The summed E-state index contributed by atoms with van der Waals surface area (Å²) in [5.74, 6) is -1.58. The molecule has 1 aromatic rings. The fraction of sp³-hybridized carbons (Fsp3) is 0.412. The summed E-state index contributed by atoms with van der Waals surface area (Å²) in [6.45, 7) is 3.59. The lowest BCUT2D eigenvalue weighted by atomic mass is 10.1. The Morgan fingerprint density at radius 3 is 2.12 bits per heavy atom. The molecular formula is C17H23ClN4O4. The fourth-order valence-corrected chi connectivity index (χ4v) is 2.40. The minimum Gasteiger partial charge on any atom is -0.353 e. The Morgan fingerprint density at radius 2 is 1.62 bits per heavy atom. The van der Waals surface area contributed by atoms with Crippen molar-refractivity contribution >= 4 is 36.0 Å². The Balaban J connectivity index is 0.00000338. The van der Waals surface area contributed by atoms with E-state index in [1.54, 1.807) is 24.3 Å². The number of hydrogen-bond donors (Lipinski definition) is 3. The van der Waals surface area contributed by atoms with Gasteiger partial charge in [0.2, 0.25) is 11.8 Å². The number of carbonyl (C=O) groups is 4. The minimum absolute atomic E-state index is 0. The van der Waals surface area contributed by atoms with Crippen LogP contribution in [0.15, 0.2) is 24.3 Å². The molecule has 0 unspecified atom stereocenters. The number of rotatable bonds is 7. The van der Waals surface area contributed by atoms with Crippen LogP contribution >= 0.6 is 12.4 Å². The first-order valence-corrected chi connectivity index (χ1v) is 8.08. The molecule has 1 aromatic carbocycles. The van der Waals surface area contributed by atoms with Crippen molar-refractivity contribution in [3.63, 3.8) is 0 Å². The van der Waals surface area contributed by atoms with E-state index in [2.05, 4.69) is 10.6 Å². The highest BCUT2D eigenvalue weighted by Gasteiger charge is 2.34. The van der Waals surface area contributed by atoms with Gasteiger partial charge in [0.1, 0.15) is 0 Å². The van der Waals surface area contributed by atoms with Crippen LogP contribution in [0.5, 0.6) is 0 Å². The van der Waals surface area contributed by atoms with Gasteiger partial charge in [0.15, 0.2) is 0 Å². The van der Waals surface area contributed by atoms with Crippen molar-refractivity contribution in [1.82, 2.24) is 15.5 Å². The Morgan fingerprint density at radius 1 is 1.08 bits per heavy atom. The fourth-order valence-electron chi connectivity index (χ4n) is 2.40. The van der Waals surface area contributed by atoms with Crippen LogP contribution in [-0.4, -0.2) is 54.2 Å². The van der Waals surface area contributed by atoms with Gasteiger partial charge < -0.3 is 16.4 Å². The first kappa shape index (κ1) is 21.6. The second-order valence-electron chi connectivity index (χ2n) is 6.15. The third kappa shape index (κ3) is 4.80. The minimum atomic E-state index is -0.675. The largest absolute Gasteiger partial charge is 0.353 e. The third-order valence-electron chi connectivity index (χ3n) is 3.98. The van der Waals surface area contributed by atoms with Crippen molar-refractivity contribution in [2.75, 3.05) is 19.6 Å². The van der Waals surface area contributed by atoms with Crippen LogP contribution in [0.4, 0.5) is 0 Å². The van der Waals surface area contributed by atoms with Gasteiger partial charge in [0, 0.05) is 13.1 Å². The van der Waals surface area contributed by atoms with Crippen LogP contribution in [-0.2, 0) is 9.59 Å². The van der Waals surface area contributed by atoms with E-state index < -0.39 is 17.9 Å². The zero-order valence-electron chi connectivity index (χ0n) is 14.7. The van der Waals surface area contributed by atoms with E-state index in [0.29, 0.717) is 11.1 Å². The Labute approximate surface area is 157 Å². The van der Waals surface area contributed by atoms with Gasteiger partial charge in [-0.2, -0.15) is 0 Å². The first-order chi connectivity index (χ1) is 11.8. The Hall–Kier alpha value is -2.45. The maximum absolute atomic E-state index is 12.2. The molecule has 0 aromatic heterocycles. The zero-order valence-corrected chi connectivity index (χ0v) is 15.5. The summed E-state index contributed by atoms with van der Waals surface area (Å²) >= 11 is 0. The van der Waals surface area contributed by atoms with Crippen LogP contribution in [0, 0.1) is 5.92 Å². The Kier molecular flexibility index (Phi) is 7.73. The monoisotopic (exact) mass is 382 g/mol. The maximum Gasteiger partial charge on any atom is 0.261 e. The van der Waals surface area contributed by atoms with E-state index >= 15 is 0 Å². The predicted molar refractivity (Wildman–Crippen MR) is 97.9 cm³/mol. The van der Waals surface area contributed by atoms with Crippen molar-refractivity contribution < 1.29 is 19.2 Å². The van der Waals surface area contributed by atoms with Gasteiger partial charge in [-0.25, -0.2) is 0 Å². The summed E-state index contributed by atoms with van der Waals surface area (Å²) < 4.78 is 0. The topological polar surface area (TPSA) is 122 Å². The smallest absolute Gasteiger partial charge is 0.261 e. The highest BCUT2D eigenvalue weighted by molar-refractivity contribution is 6.21. The molecular weight excluding hydrogens is 360 g/mol. The van der Waals surface area contributed by atoms with Crippen molar-refractivity contribution in [2.24, 2.45) is 11.7 Å². The molecule has 0 fully saturated rings. The average Bonchev–Trinajstić information content (AvgIpc) is 2.84. The molecule has 4 N–H and O–H groups in total. The lowest BCUT2D eigenvalue weighted by Crippen LogP contribution is -2.48. The number of nitrogens with zero attached hydrogens (tertiary/aromatic N) is 1. The molecule has 0 saturated carbocycles. The zero-order chi connectivity index (χ0) is 18.6. The van der Waals surface area contributed by atoms with Gasteiger partial charge in [0.25, 0.3) is 11.8 Å². The molecule has 1 heterocycles. The molecule has 2 rings (SSSR count). The second kappa shape index (κ2) is 9.30. The molecule has 1 aliphatic rings. The normalized spacial score (nSPS) is 13.9. The van der Waals surface area contributed by atoms with E-state index in [1.165, 1.54) is 0 Å². The van der Waals surface area contributed by atoms with Crippen molar-refractivity contribution in [2.45, 2.75) is 19.9 Å². The van der Waals surface area contributed by atoms with Crippen LogP contribution in [0.1, 0.15) is 34.6 Å². The second-order valence-corrected chi connectivity index (χ2v) is 6.15. The number of fused-ring (bicyclic) bond motifs is 1. The average molecular weight is 383 g/mol. The number of hydrogen-bond acceptors (Lipinski definition) is 5. The maximum atomic E-state index is 12.2. The number of amides is 4. The van der Waals surface area contributed by atoms with Crippen LogP contribution in [0.25, 0.3) is 0 Å². The van der Waals surface area contributed by atoms with Gasteiger partial charge in [-0.05, 0) is 18.1 Å². The summed E-state index contributed by atoms with van der Waals surface area (Å²) in [5, 5.41) is 5.01. The quantitative estimate of drug-likeness (QED) is 0.569.